The molecule has 0 amide bonds. The molecule has 0 radical (unpaired) electrons. The van der Waals surface area contributed by atoms with Crippen LogP contribution in [0.15, 0.2) is 18.2 Å². The second-order valence-corrected chi connectivity index (χ2v) is 4.60. The maximum absolute atomic E-state index is 10.5. The van der Waals surface area contributed by atoms with Crippen LogP contribution in [0.5, 0.6) is 0 Å². The molecular formula is C10H13ClN2O2S. The van der Waals surface area contributed by atoms with Crippen molar-refractivity contribution in [3.8, 4) is 0 Å². The molecule has 0 aliphatic heterocycles. The van der Waals surface area contributed by atoms with Crippen molar-refractivity contribution in [2.75, 3.05) is 18.6 Å². The van der Waals surface area contributed by atoms with Crippen LogP contribution >= 0.6 is 23.4 Å². The largest absolute Gasteiger partial charge is 0.312 e. The van der Waals surface area contributed by atoms with Gasteiger partial charge in [0.05, 0.1) is 9.95 Å². The van der Waals surface area contributed by atoms with E-state index in [4.69, 9.17) is 11.6 Å². The maximum atomic E-state index is 10.5. The zero-order chi connectivity index (χ0) is 12.0. The Morgan fingerprint density at radius 2 is 2.31 bits per heavy atom. The van der Waals surface area contributed by atoms with Crippen LogP contribution in [-0.4, -0.2) is 23.5 Å². The van der Waals surface area contributed by atoms with Crippen LogP contribution in [-0.2, 0) is 6.54 Å². The molecule has 0 fully saturated rings. The molecule has 0 bridgehead atoms. The number of hydrogen-bond donors (Lipinski definition) is 1. The lowest BCUT2D eigenvalue weighted by Crippen LogP contribution is -2.16. The summed E-state index contributed by atoms with van der Waals surface area (Å²) in [7, 11) is 0. The first-order valence-electron chi connectivity index (χ1n) is 4.77. The van der Waals surface area contributed by atoms with E-state index >= 15 is 0 Å². The Labute approximate surface area is 104 Å². The van der Waals surface area contributed by atoms with E-state index in [-0.39, 0.29) is 5.69 Å². The average molecular weight is 261 g/mol. The molecule has 1 N–H and O–H groups in total. The number of nitrogens with zero attached hydrogens (tertiary/aromatic N) is 1. The molecule has 1 aromatic carbocycles. The summed E-state index contributed by atoms with van der Waals surface area (Å²) in [5.74, 6) is 1.03. The normalized spacial score (nSPS) is 10.4. The van der Waals surface area contributed by atoms with E-state index in [2.05, 4.69) is 5.32 Å². The zero-order valence-corrected chi connectivity index (χ0v) is 10.5. The molecule has 0 saturated heterocycles. The molecule has 88 valence electrons. The van der Waals surface area contributed by atoms with E-state index in [1.54, 1.807) is 17.8 Å². The first-order valence-corrected chi connectivity index (χ1v) is 6.55. The van der Waals surface area contributed by atoms with Gasteiger partial charge in [-0.3, -0.25) is 10.1 Å². The summed E-state index contributed by atoms with van der Waals surface area (Å²) in [5, 5.41) is 14.1. The average Bonchev–Trinajstić information content (AvgIpc) is 2.26. The standard InChI is InChI=1S/C10H13ClN2O2S/c1-16-5-4-12-7-8-2-3-9(13(14)15)6-10(8)11/h2-3,6,12H,4-5,7H2,1H3. The smallest absolute Gasteiger partial charge is 0.270 e. The topological polar surface area (TPSA) is 55.2 Å². The number of nitro benzene ring substituents is 1. The van der Waals surface area contributed by atoms with Crippen molar-refractivity contribution >= 4 is 29.1 Å². The van der Waals surface area contributed by atoms with Crippen LogP contribution in [0.3, 0.4) is 0 Å². The van der Waals surface area contributed by atoms with Gasteiger partial charge in [-0.15, -0.1) is 0 Å². The Bertz CT molecular complexity index is 374. The minimum Gasteiger partial charge on any atom is -0.312 e. The Morgan fingerprint density at radius 1 is 1.56 bits per heavy atom. The van der Waals surface area contributed by atoms with Crippen molar-refractivity contribution < 1.29 is 4.92 Å². The summed E-state index contributed by atoms with van der Waals surface area (Å²) < 4.78 is 0. The van der Waals surface area contributed by atoms with E-state index in [0.29, 0.717) is 11.6 Å². The molecule has 4 nitrogen and oxygen atoms in total. The highest BCUT2D eigenvalue weighted by Crippen LogP contribution is 2.22. The number of rotatable bonds is 6. The van der Waals surface area contributed by atoms with E-state index in [0.717, 1.165) is 17.9 Å². The molecule has 0 atom stereocenters. The van der Waals surface area contributed by atoms with Crippen molar-refractivity contribution in [2.45, 2.75) is 6.54 Å². The third kappa shape index (κ3) is 4.00. The summed E-state index contributed by atoms with van der Waals surface area (Å²) in [6.07, 6.45) is 2.04. The molecule has 0 spiro atoms. The van der Waals surface area contributed by atoms with E-state index in [1.807, 2.05) is 6.26 Å². The van der Waals surface area contributed by atoms with Crippen LogP contribution in [0.25, 0.3) is 0 Å². The van der Waals surface area contributed by atoms with Gasteiger partial charge in [-0.05, 0) is 17.9 Å². The minimum atomic E-state index is -0.448. The van der Waals surface area contributed by atoms with Gasteiger partial charge in [-0.1, -0.05) is 11.6 Å². The number of benzene rings is 1. The van der Waals surface area contributed by atoms with Gasteiger partial charge < -0.3 is 5.32 Å². The van der Waals surface area contributed by atoms with Gasteiger partial charge in [-0.25, -0.2) is 0 Å². The number of thioether (sulfide) groups is 1. The molecule has 0 saturated carbocycles. The van der Waals surface area contributed by atoms with Gasteiger partial charge >= 0.3 is 0 Å². The van der Waals surface area contributed by atoms with E-state index in [1.165, 1.54) is 12.1 Å². The lowest BCUT2D eigenvalue weighted by Gasteiger charge is -2.05. The molecule has 0 aromatic heterocycles. The fourth-order valence-electron chi connectivity index (χ4n) is 1.19. The van der Waals surface area contributed by atoms with Gasteiger partial charge in [0.1, 0.15) is 0 Å². The molecule has 0 aliphatic rings. The first kappa shape index (κ1) is 13.3. The highest BCUT2D eigenvalue weighted by atomic mass is 35.5. The maximum Gasteiger partial charge on any atom is 0.270 e. The highest BCUT2D eigenvalue weighted by Gasteiger charge is 2.08. The van der Waals surface area contributed by atoms with Gasteiger partial charge in [0, 0.05) is 31.0 Å². The predicted molar refractivity (Wildman–Crippen MR) is 68.2 cm³/mol. The second kappa shape index (κ2) is 6.73. The molecular weight excluding hydrogens is 248 g/mol. The Kier molecular flexibility index (Phi) is 5.59. The number of nitrogens with one attached hydrogen (secondary N) is 1. The van der Waals surface area contributed by atoms with Crippen molar-refractivity contribution in [3.05, 3.63) is 38.9 Å². The monoisotopic (exact) mass is 260 g/mol. The van der Waals surface area contributed by atoms with Crippen LogP contribution in [0.2, 0.25) is 5.02 Å². The van der Waals surface area contributed by atoms with E-state index in [9.17, 15) is 10.1 Å². The van der Waals surface area contributed by atoms with Crippen LogP contribution in [0, 0.1) is 10.1 Å². The summed E-state index contributed by atoms with van der Waals surface area (Å²) in [6, 6.07) is 4.54. The Balaban J connectivity index is 2.57. The zero-order valence-electron chi connectivity index (χ0n) is 8.90. The van der Waals surface area contributed by atoms with Crippen LogP contribution < -0.4 is 5.32 Å². The van der Waals surface area contributed by atoms with Crippen LogP contribution in [0.1, 0.15) is 5.56 Å². The number of halogens is 1. The molecule has 6 heteroatoms. The van der Waals surface area contributed by atoms with Crippen molar-refractivity contribution in [3.63, 3.8) is 0 Å². The van der Waals surface area contributed by atoms with E-state index < -0.39 is 4.92 Å². The quantitative estimate of drug-likeness (QED) is 0.485. The molecule has 1 aromatic rings. The lowest BCUT2D eigenvalue weighted by atomic mass is 10.2. The summed E-state index contributed by atoms with van der Waals surface area (Å²) in [4.78, 5) is 10.0. The molecule has 1 rings (SSSR count). The van der Waals surface area contributed by atoms with Crippen molar-refractivity contribution in [1.29, 1.82) is 0 Å². The van der Waals surface area contributed by atoms with Gasteiger partial charge in [0.25, 0.3) is 5.69 Å². The summed E-state index contributed by atoms with van der Waals surface area (Å²) >= 11 is 7.70. The SMILES string of the molecule is CSCCNCc1ccc([N+](=O)[O-])cc1Cl. The Morgan fingerprint density at radius 3 is 2.88 bits per heavy atom. The summed E-state index contributed by atoms with van der Waals surface area (Å²) in [5.41, 5.74) is 0.909. The van der Waals surface area contributed by atoms with Crippen molar-refractivity contribution in [1.82, 2.24) is 5.32 Å². The fourth-order valence-corrected chi connectivity index (χ4v) is 1.78. The summed E-state index contributed by atoms with van der Waals surface area (Å²) in [6.45, 7) is 1.53. The van der Waals surface area contributed by atoms with Gasteiger partial charge in [-0.2, -0.15) is 11.8 Å². The second-order valence-electron chi connectivity index (χ2n) is 3.20. The van der Waals surface area contributed by atoms with Crippen molar-refractivity contribution in [2.24, 2.45) is 0 Å². The third-order valence-corrected chi connectivity index (χ3v) is 3.01. The molecule has 16 heavy (non-hydrogen) atoms. The molecule has 0 aliphatic carbocycles. The number of hydrogen-bond acceptors (Lipinski definition) is 4. The van der Waals surface area contributed by atoms with Gasteiger partial charge in [0.2, 0.25) is 0 Å². The number of nitro groups is 1. The fraction of sp³-hybridized carbons (Fsp3) is 0.400. The molecule has 0 unspecified atom stereocenters. The van der Waals surface area contributed by atoms with Crippen LogP contribution in [0.4, 0.5) is 5.69 Å². The van der Waals surface area contributed by atoms with Gasteiger partial charge in [0.15, 0.2) is 0 Å². The predicted octanol–water partition coefficient (Wildman–Crippen LogP) is 2.70. The minimum absolute atomic E-state index is 0.0258. The number of non-ortho nitro benzene ring substituents is 1. The third-order valence-electron chi connectivity index (χ3n) is 2.05. The highest BCUT2D eigenvalue weighted by molar-refractivity contribution is 7.98. The first-order chi connectivity index (χ1) is 7.65. The Hall–Kier alpha value is -0.780. The lowest BCUT2D eigenvalue weighted by molar-refractivity contribution is -0.384. The molecule has 0 heterocycles.